The van der Waals surface area contributed by atoms with Crippen molar-refractivity contribution in [1.29, 1.82) is 0 Å². The number of fused-ring (bicyclic) bond motifs is 1. The first-order chi connectivity index (χ1) is 12.0. The van der Waals surface area contributed by atoms with Crippen molar-refractivity contribution >= 4 is 28.5 Å². The van der Waals surface area contributed by atoms with E-state index in [-0.39, 0.29) is 18.9 Å². The van der Waals surface area contributed by atoms with Gasteiger partial charge in [-0.3, -0.25) is 4.79 Å². The maximum absolute atomic E-state index is 13.9. The normalized spacial score (nSPS) is 10.9. The summed E-state index contributed by atoms with van der Waals surface area (Å²) in [6, 6.07) is 9.91. The van der Waals surface area contributed by atoms with E-state index in [9.17, 15) is 9.18 Å². The number of benzene rings is 2. The Morgan fingerprint density at radius 1 is 1.32 bits per heavy atom. The molecule has 25 heavy (non-hydrogen) atoms. The second-order valence-electron chi connectivity index (χ2n) is 5.75. The first kappa shape index (κ1) is 17.3. The number of hydrogen-bond acceptors (Lipinski definition) is 3. The van der Waals surface area contributed by atoms with Crippen LogP contribution in [0.5, 0.6) is 5.75 Å². The third-order valence-corrected chi connectivity index (χ3v) is 4.44. The quantitative estimate of drug-likeness (QED) is 0.675. The van der Waals surface area contributed by atoms with Crippen LogP contribution in [0.15, 0.2) is 47.1 Å². The summed E-state index contributed by atoms with van der Waals surface area (Å²) >= 11 is 6.02. The van der Waals surface area contributed by atoms with Gasteiger partial charge in [0.05, 0.1) is 19.8 Å². The number of halogens is 2. The molecular weight excluding hydrogens is 345 g/mol. The second kappa shape index (κ2) is 7.15. The maximum atomic E-state index is 13.9. The van der Waals surface area contributed by atoms with Crippen LogP contribution in [-0.2, 0) is 17.8 Å². The molecule has 1 heterocycles. The van der Waals surface area contributed by atoms with Crippen molar-refractivity contribution in [3.05, 3.63) is 64.6 Å². The van der Waals surface area contributed by atoms with Gasteiger partial charge in [0, 0.05) is 41.2 Å². The van der Waals surface area contributed by atoms with Crippen molar-refractivity contribution in [3.8, 4) is 5.75 Å². The molecule has 3 rings (SSSR count). The van der Waals surface area contributed by atoms with E-state index in [1.54, 1.807) is 32.6 Å². The summed E-state index contributed by atoms with van der Waals surface area (Å²) in [5.41, 5.74) is 1.73. The lowest BCUT2D eigenvalue weighted by Crippen LogP contribution is -2.28. The average Bonchev–Trinajstić information content (AvgIpc) is 3.00. The summed E-state index contributed by atoms with van der Waals surface area (Å²) in [4.78, 5) is 13.9. The zero-order valence-corrected chi connectivity index (χ0v) is 14.6. The molecule has 0 atom stereocenters. The van der Waals surface area contributed by atoms with Gasteiger partial charge in [-0.1, -0.05) is 17.7 Å². The van der Waals surface area contributed by atoms with Gasteiger partial charge < -0.3 is 14.1 Å². The molecule has 0 N–H and O–H groups in total. The van der Waals surface area contributed by atoms with Crippen molar-refractivity contribution in [3.63, 3.8) is 0 Å². The number of carbonyl (C=O) groups is 1. The Hall–Kier alpha value is -2.53. The molecule has 0 bridgehead atoms. The minimum absolute atomic E-state index is 0.105. The number of ether oxygens (including phenoxy) is 1. The minimum atomic E-state index is -0.423. The maximum Gasteiger partial charge on any atom is 0.227 e. The summed E-state index contributed by atoms with van der Waals surface area (Å²) in [5.74, 6) is 0.108. The molecule has 0 radical (unpaired) electrons. The number of likely N-dealkylation sites (N-methyl/N-ethyl adjacent to an activating group) is 1. The van der Waals surface area contributed by atoms with Gasteiger partial charge in [-0.2, -0.15) is 0 Å². The van der Waals surface area contributed by atoms with Crippen LogP contribution in [0, 0.1) is 5.82 Å². The molecule has 3 aromatic rings. The highest BCUT2D eigenvalue weighted by Crippen LogP contribution is 2.26. The molecule has 6 heteroatoms. The smallest absolute Gasteiger partial charge is 0.227 e. The summed E-state index contributed by atoms with van der Waals surface area (Å²) < 4.78 is 24.5. The first-order valence-corrected chi connectivity index (χ1v) is 8.08. The fourth-order valence-corrected chi connectivity index (χ4v) is 2.86. The SMILES string of the molecule is COc1ccc2c(CC(=O)N(C)Cc3c(F)cccc3Cl)coc2c1. The molecule has 0 aliphatic rings. The molecule has 0 aliphatic carbocycles. The van der Waals surface area contributed by atoms with E-state index in [1.807, 2.05) is 12.1 Å². The van der Waals surface area contributed by atoms with Gasteiger partial charge in [0.15, 0.2) is 0 Å². The standard InChI is InChI=1S/C19H17ClFNO3/c1-22(10-15-16(20)4-3-5-17(15)21)19(23)8-12-11-25-18-9-13(24-2)6-7-14(12)18/h3-7,9,11H,8,10H2,1-2H3. The predicted molar refractivity (Wildman–Crippen MR) is 94.4 cm³/mol. The molecule has 0 fully saturated rings. The second-order valence-corrected chi connectivity index (χ2v) is 6.16. The average molecular weight is 362 g/mol. The number of methoxy groups -OCH3 is 1. The van der Waals surface area contributed by atoms with Gasteiger partial charge in [0.1, 0.15) is 17.1 Å². The van der Waals surface area contributed by atoms with Crippen LogP contribution in [0.4, 0.5) is 4.39 Å². The largest absolute Gasteiger partial charge is 0.497 e. The third-order valence-electron chi connectivity index (χ3n) is 4.09. The molecular formula is C19H17ClFNO3. The number of amides is 1. The topological polar surface area (TPSA) is 42.7 Å². The van der Waals surface area contributed by atoms with Gasteiger partial charge in [0.25, 0.3) is 0 Å². The lowest BCUT2D eigenvalue weighted by molar-refractivity contribution is -0.129. The van der Waals surface area contributed by atoms with E-state index in [2.05, 4.69) is 0 Å². The highest BCUT2D eigenvalue weighted by molar-refractivity contribution is 6.31. The van der Waals surface area contributed by atoms with E-state index in [0.717, 1.165) is 10.9 Å². The molecule has 2 aromatic carbocycles. The van der Waals surface area contributed by atoms with Crippen LogP contribution in [0.25, 0.3) is 11.0 Å². The zero-order valence-electron chi connectivity index (χ0n) is 13.9. The highest BCUT2D eigenvalue weighted by Gasteiger charge is 2.17. The lowest BCUT2D eigenvalue weighted by Gasteiger charge is -2.18. The van der Waals surface area contributed by atoms with Crippen molar-refractivity contribution in [2.24, 2.45) is 0 Å². The Kier molecular flexibility index (Phi) is 4.95. The van der Waals surface area contributed by atoms with Gasteiger partial charge in [0.2, 0.25) is 5.91 Å². The van der Waals surface area contributed by atoms with Crippen molar-refractivity contribution < 1.29 is 18.3 Å². The Bertz CT molecular complexity index is 902. The van der Waals surface area contributed by atoms with Crippen LogP contribution in [0.3, 0.4) is 0 Å². The van der Waals surface area contributed by atoms with Gasteiger partial charge >= 0.3 is 0 Å². The molecule has 1 amide bonds. The number of carbonyl (C=O) groups excluding carboxylic acids is 1. The Morgan fingerprint density at radius 2 is 2.12 bits per heavy atom. The molecule has 130 valence electrons. The van der Waals surface area contributed by atoms with Crippen LogP contribution >= 0.6 is 11.6 Å². The third kappa shape index (κ3) is 3.61. The molecule has 1 aromatic heterocycles. The Morgan fingerprint density at radius 3 is 2.84 bits per heavy atom. The molecule has 0 spiro atoms. The Balaban J connectivity index is 1.76. The van der Waals surface area contributed by atoms with Gasteiger partial charge in [-0.25, -0.2) is 4.39 Å². The number of furan rings is 1. The van der Waals surface area contributed by atoms with Crippen molar-refractivity contribution in [2.75, 3.05) is 14.2 Å². The van der Waals surface area contributed by atoms with Gasteiger partial charge in [-0.15, -0.1) is 0 Å². The molecule has 4 nitrogen and oxygen atoms in total. The predicted octanol–water partition coefficient (Wildman–Crippen LogP) is 4.44. The van der Waals surface area contributed by atoms with Crippen LogP contribution in [0.1, 0.15) is 11.1 Å². The highest BCUT2D eigenvalue weighted by atomic mass is 35.5. The van der Waals surface area contributed by atoms with Crippen molar-refractivity contribution in [1.82, 2.24) is 4.90 Å². The molecule has 0 aliphatic heterocycles. The fourth-order valence-electron chi connectivity index (χ4n) is 2.63. The van der Waals surface area contributed by atoms with Crippen LogP contribution in [-0.4, -0.2) is 25.0 Å². The van der Waals surface area contributed by atoms with E-state index in [4.69, 9.17) is 20.8 Å². The first-order valence-electron chi connectivity index (χ1n) is 7.70. The monoisotopic (exact) mass is 361 g/mol. The zero-order chi connectivity index (χ0) is 18.0. The van der Waals surface area contributed by atoms with E-state index in [1.165, 1.54) is 17.0 Å². The summed E-state index contributed by atoms with van der Waals surface area (Å²) in [6.07, 6.45) is 1.72. The fraction of sp³-hybridized carbons (Fsp3) is 0.211. The van der Waals surface area contributed by atoms with E-state index in [0.29, 0.717) is 21.9 Å². The number of hydrogen-bond donors (Lipinski definition) is 0. The summed E-state index contributed by atoms with van der Waals surface area (Å²) in [6.45, 7) is 0.105. The van der Waals surface area contributed by atoms with Crippen molar-refractivity contribution in [2.45, 2.75) is 13.0 Å². The number of nitrogens with zero attached hydrogens (tertiary/aromatic N) is 1. The minimum Gasteiger partial charge on any atom is -0.497 e. The Labute approximate surface area is 149 Å². The van der Waals surface area contributed by atoms with Crippen LogP contribution < -0.4 is 4.74 Å². The van der Waals surface area contributed by atoms with Gasteiger partial charge in [-0.05, 0) is 24.3 Å². The van der Waals surface area contributed by atoms with E-state index < -0.39 is 5.82 Å². The molecule has 0 saturated heterocycles. The summed E-state index contributed by atoms with van der Waals surface area (Å²) in [7, 11) is 3.20. The molecule has 0 saturated carbocycles. The summed E-state index contributed by atoms with van der Waals surface area (Å²) in [5, 5.41) is 1.16. The molecule has 0 unspecified atom stereocenters. The number of rotatable bonds is 5. The van der Waals surface area contributed by atoms with Crippen LogP contribution in [0.2, 0.25) is 5.02 Å². The van der Waals surface area contributed by atoms with E-state index >= 15 is 0 Å². The lowest BCUT2D eigenvalue weighted by atomic mass is 10.1.